The van der Waals surface area contributed by atoms with Crippen LogP contribution in [0.5, 0.6) is 11.5 Å². The molecule has 5 nitrogen and oxygen atoms in total. The van der Waals surface area contributed by atoms with Gasteiger partial charge in [0.1, 0.15) is 13.2 Å². The number of rotatable bonds is 4. The van der Waals surface area contributed by atoms with Crippen LogP contribution in [0.2, 0.25) is 0 Å². The zero-order chi connectivity index (χ0) is 15.5. The van der Waals surface area contributed by atoms with E-state index in [4.69, 9.17) is 9.47 Å². The van der Waals surface area contributed by atoms with Crippen molar-refractivity contribution in [3.63, 3.8) is 0 Å². The predicted octanol–water partition coefficient (Wildman–Crippen LogP) is 2.79. The second-order valence-electron chi connectivity index (χ2n) is 5.89. The Morgan fingerprint density at radius 3 is 2.62 bits per heavy atom. The molecule has 2 N–H and O–H groups in total. The topological polar surface area (TPSA) is 59.6 Å². The Balaban J connectivity index is 2.10. The first-order chi connectivity index (χ1) is 9.92. The van der Waals surface area contributed by atoms with Gasteiger partial charge in [-0.2, -0.15) is 0 Å². The van der Waals surface area contributed by atoms with Crippen molar-refractivity contribution in [1.29, 1.82) is 0 Å². The molecule has 1 heterocycles. The van der Waals surface area contributed by atoms with Gasteiger partial charge in [0.2, 0.25) is 0 Å². The van der Waals surface area contributed by atoms with Crippen LogP contribution in [-0.4, -0.2) is 25.3 Å². The van der Waals surface area contributed by atoms with Gasteiger partial charge in [-0.25, -0.2) is 4.79 Å². The molecule has 0 bridgehead atoms. The third kappa shape index (κ3) is 3.80. The van der Waals surface area contributed by atoms with Gasteiger partial charge < -0.3 is 20.1 Å². The SMILES string of the molecule is CCC(C)NC(=O)NC(C)(C)c1ccc2c(c1)OCCO2. The number of benzene rings is 1. The highest BCUT2D eigenvalue weighted by atomic mass is 16.6. The third-order valence-electron chi connectivity index (χ3n) is 3.68. The minimum absolute atomic E-state index is 0.154. The molecule has 0 aliphatic carbocycles. The number of nitrogens with one attached hydrogen (secondary N) is 2. The number of hydrogen-bond acceptors (Lipinski definition) is 3. The first-order valence-electron chi connectivity index (χ1n) is 7.41. The maximum absolute atomic E-state index is 12.0. The fourth-order valence-corrected chi connectivity index (χ4v) is 2.15. The Bertz CT molecular complexity index is 514. The molecule has 1 aliphatic heterocycles. The van der Waals surface area contributed by atoms with Gasteiger partial charge in [0.05, 0.1) is 5.54 Å². The zero-order valence-electron chi connectivity index (χ0n) is 13.2. The van der Waals surface area contributed by atoms with Crippen LogP contribution in [0.15, 0.2) is 18.2 Å². The van der Waals surface area contributed by atoms with E-state index < -0.39 is 5.54 Å². The largest absolute Gasteiger partial charge is 0.486 e. The minimum Gasteiger partial charge on any atom is -0.486 e. The van der Waals surface area contributed by atoms with Crippen molar-refractivity contribution in [2.24, 2.45) is 0 Å². The molecule has 0 aromatic heterocycles. The van der Waals surface area contributed by atoms with Gasteiger partial charge in [-0.3, -0.25) is 0 Å². The lowest BCUT2D eigenvalue weighted by atomic mass is 9.94. The highest BCUT2D eigenvalue weighted by Crippen LogP contribution is 2.34. The van der Waals surface area contributed by atoms with E-state index >= 15 is 0 Å². The number of urea groups is 1. The summed E-state index contributed by atoms with van der Waals surface area (Å²) in [5, 5.41) is 5.91. The predicted molar refractivity (Wildman–Crippen MR) is 81.9 cm³/mol. The van der Waals surface area contributed by atoms with Crippen molar-refractivity contribution >= 4 is 6.03 Å². The number of hydrogen-bond donors (Lipinski definition) is 2. The van der Waals surface area contributed by atoms with Gasteiger partial charge >= 0.3 is 6.03 Å². The van der Waals surface area contributed by atoms with E-state index in [0.29, 0.717) is 13.2 Å². The Hall–Kier alpha value is -1.91. The molecule has 1 aromatic carbocycles. The lowest BCUT2D eigenvalue weighted by Gasteiger charge is -2.29. The fourth-order valence-electron chi connectivity index (χ4n) is 2.15. The van der Waals surface area contributed by atoms with Crippen LogP contribution < -0.4 is 20.1 Å². The molecule has 0 spiro atoms. The quantitative estimate of drug-likeness (QED) is 0.897. The van der Waals surface area contributed by atoms with Crippen LogP contribution in [-0.2, 0) is 5.54 Å². The molecule has 2 amide bonds. The highest BCUT2D eigenvalue weighted by Gasteiger charge is 2.25. The minimum atomic E-state index is -0.493. The molecule has 2 rings (SSSR count). The summed E-state index contributed by atoms with van der Waals surface area (Å²) in [6.07, 6.45) is 0.901. The van der Waals surface area contributed by atoms with E-state index in [9.17, 15) is 4.79 Å². The van der Waals surface area contributed by atoms with E-state index in [1.54, 1.807) is 0 Å². The van der Waals surface area contributed by atoms with Gasteiger partial charge in [-0.1, -0.05) is 13.0 Å². The van der Waals surface area contributed by atoms with E-state index in [1.807, 2.05) is 45.9 Å². The molecule has 21 heavy (non-hydrogen) atoms. The van der Waals surface area contributed by atoms with Crippen LogP contribution in [0.4, 0.5) is 4.79 Å². The first kappa shape index (κ1) is 15.5. The van der Waals surface area contributed by atoms with Crippen LogP contribution in [0, 0.1) is 0 Å². The molecule has 1 atom stereocenters. The van der Waals surface area contributed by atoms with E-state index in [1.165, 1.54) is 0 Å². The molecule has 0 fully saturated rings. The van der Waals surface area contributed by atoms with Crippen molar-refractivity contribution in [3.8, 4) is 11.5 Å². The van der Waals surface area contributed by atoms with Crippen LogP contribution in [0.3, 0.4) is 0 Å². The monoisotopic (exact) mass is 292 g/mol. The van der Waals surface area contributed by atoms with Crippen molar-refractivity contribution in [2.75, 3.05) is 13.2 Å². The maximum atomic E-state index is 12.0. The molecule has 5 heteroatoms. The average Bonchev–Trinajstić information content (AvgIpc) is 2.45. The van der Waals surface area contributed by atoms with E-state index in [2.05, 4.69) is 10.6 Å². The molecular formula is C16H24N2O3. The van der Waals surface area contributed by atoms with Crippen LogP contribution in [0.1, 0.15) is 39.7 Å². The maximum Gasteiger partial charge on any atom is 0.315 e. The van der Waals surface area contributed by atoms with Crippen molar-refractivity contribution < 1.29 is 14.3 Å². The van der Waals surface area contributed by atoms with Crippen molar-refractivity contribution in [1.82, 2.24) is 10.6 Å². The molecule has 0 saturated carbocycles. The number of fused-ring (bicyclic) bond motifs is 1. The van der Waals surface area contributed by atoms with Crippen LogP contribution >= 0.6 is 0 Å². The average molecular weight is 292 g/mol. The molecule has 1 unspecified atom stereocenters. The van der Waals surface area contributed by atoms with Gasteiger partial charge in [0.25, 0.3) is 0 Å². The molecule has 1 aliphatic rings. The Kier molecular flexibility index (Phi) is 4.60. The summed E-state index contributed by atoms with van der Waals surface area (Å²) in [4.78, 5) is 12.0. The fraction of sp³-hybridized carbons (Fsp3) is 0.562. The second kappa shape index (κ2) is 6.24. The van der Waals surface area contributed by atoms with Gasteiger partial charge in [-0.05, 0) is 44.9 Å². The standard InChI is InChI=1S/C16H24N2O3/c1-5-11(2)17-15(19)18-16(3,4)12-6-7-13-14(10-12)21-9-8-20-13/h6-7,10-11H,5,8-9H2,1-4H3,(H2,17,18,19). The normalized spacial score (nSPS) is 15.2. The first-order valence-corrected chi connectivity index (χ1v) is 7.41. The van der Waals surface area contributed by atoms with Crippen LogP contribution in [0.25, 0.3) is 0 Å². The molecular weight excluding hydrogens is 268 g/mol. The van der Waals surface area contributed by atoms with Gasteiger partial charge in [0.15, 0.2) is 11.5 Å². The van der Waals surface area contributed by atoms with E-state index in [0.717, 1.165) is 23.5 Å². The number of carbonyl (C=O) groups excluding carboxylic acids is 1. The summed E-state index contributed by atoms with van der Waals surface area (Å²) < 4.78 is 11.1. The molecule has 0 saturated heterocycles. The summed E-state index contributed by atoms with van der Waals surface area (Å²) >= 11 is 0. The highest BCUT2D eigenvalue weighted by molar-refractivity contribution is 5.75. The second-order valence-corrected chi connectivity index (χ2v) is 5.89. The van der Waals surface area contributed by atoms with Crippen molar-refractivity contribution in [2.45, 2.75) is 45.7 Å². The number of amides is 2. The van der Waals surface area contributed by atoms with Crippen molar-refractivity contribution in [3.05, 3.63) is 23.8 Å². The smallest absolute Gasteiger partial charge is 0.315 e. The molecule has 116 valence electrons. The summed E-state index contributed by atoms with van der Waals surface area (Å²) in [5.74, 6) is 1.49. The molecule has 1 aromatic rings. The Morgan fingerprint density at radius 2 is 1.95 bits per heavy atom. The summed E-state index contributed by atoms with van der Waals surface area (Å²) in [7, 11) is 0. The number of carbonyl (C=O) groups is 1. The number of ether oxygens (including phenoxy) is 2. The zero-order valence-corrected chi connectivity index (χ0v) is 13.2. The third-order valence-corrected chi connectivity index (χ3v) is 3.68. The summed E-state index contributed by atoms with van der Waals surface area (Å²) in [5.41, 5.74) is 0.485. The van der Waals surface area contributed by atoms with E-state index in [-0.39, 0.29) is 12.1 Å². The summed E-state index contributed by atoms with van der Waals surface area (Å²) in [6, 6.07) is 5.76. The lowest BCUT2D eigenvalue weighted by Crippen LogP contribution is -2.48. The van der Waals surface area contributed by atoms with Gasteiger partial charge in [-0.15, -0.1) is 0 Å². The Labute approximate surface area is 126 Å². The Morgan fingerprint density at radius 1 is 1.29 bits per heavy atom. The lowest BCUT2D eigenvalue weighted by molar-refractivity contribution is 0.171. The van der Waals surface area contributed by atoms with Gasteiger partial charge in [0, 0.05) is 6.04 Å². The summed E-state index contributed by atoms with van der Waals surface area (Å²) in [6.45, 7) is 9.08. The molecule has 0 radical (unpaired) electrons.